The Balaban J connectivity index is 1.41. The first kappa shape index (κ1) is 17.5. The van der Waals surface area contributed by atoms with Crippen molar-refractivity contribution in [2.24, 2.45) is 4.99 Å². The lowest BCUT2D eigenvalue weighted by Crippen LogP contribution is -2.25. The lowest BCUT2D eigenvalue weighted by Gasteiger charge is -2.14. The van der Waals surface area contributed by atoms with Crippen molar-refractivity contribution in [1.29, 1.82) is 0 Å². The van der Waals surface area contributed by atoms with Crippen LogP contribution in [-0.2, 0) is 0 Å². The number of nitrogens with one attached hydrogen (secondary N) is 1. The van der Waals surface area contributed by atoms with E-state index < -0.39 is 0 Å². The third-order valence-electron chi connectivity index (χ3n) is 4.83. The second-order valence-corrected chi connectivity index (χ2v) is 6.73. The van der Waals surface area contributed by atoms with Gasteiger partial charge in [0.05, 0.1) is 11.3 Å². The Labute approximate surface area is 157 Å². The van der Waals surface area contributed by atoms with Crippen molar-refractivity contribution >= 4 is 22.8 Å². The van der Waals surface area contributed by atoms with E-state index in [1.165, 1.54) is 44.3 Å². The van der Waals surface area contributed by atoms with Crippen LogP contribution in [0.25, 0.3) is 10.9 Å². The maximum Gasteiger partial charge on any atom is 0.198 e. The van der Waals surface area contributed by atoms with E-state index in [1.807, 2.05) is 24.3 Å². The molecule has 4 rings (SSSR count). The highest BCUT2D eigenvalue weighted by molar-refractivity contribution is 6.02. The van der Waals surface area contributed by atoms with Crippen molar-refractivity contribution in [1.82, 2.24) is 9.88 Å². The quantitative estimate of drug-likeness (QED) is 0.641. The lowest BCUT2D eigenvalue weighted by molar-refractivity contribution is 0.238. The van der Waals surface area contributed by atoms with Crippen molar-refractivity contribution in [3.63, 3.8) is 0 Å². The monoisotopic (exact) mass is 367 g/mol. The number of H-pyrrole nitrogens is 1. The molecule has 2 heterocycles. The summed E-state index contributed by atoms with van der Waals surface area (Å²) in [7, 11) is 0. The van der Waals surface area contributed by atoms with Crippen LogP contribution in [0.3, 0.4) is 0 Å². The smallest absolute Gasteiger partial charge is 0.198 e. The summed E-state index contributed by atoms with van der Waals surface area (Å²) < 4.78 is 19.3. The molecule has 0 spiro atoms. The maximum absolute atomic E-state index is 13.5. The number of rotatable bonds is 6. The Morgan fingerprint density at radius 2 is 1.93 bits per heavy atom. The first-order valence-electron chi connectivity index (χ1n) is 9.18. The van der Waals surface area contributed by atoms with Crippen LogP contribution >= 0.6 is 0 Å². The summed E-state index contributed by atoms with van der Waals surface area (Å²) in [6.07, 6.45) is 4.10. The summed E-state index contributed by atoms with van der Waals surface area (Å²) in [6, 6.07) is 11.8. The zero-order valence-corrected chi connectivity index (χ0v) is 15.0. The van der Waals surface area contributed by atoms with Gasteiger partial charge in [-0.2, -0.15) is 0 Å². The maximum atomic E-state index is 13.5. The van der Waals surface area contributed by atoms with E-state index in [2.05, 4.69) is 14.9 Å². The SMILES string of the molecule is Oc1[nH]c2ccc(F)cc2c1C=Nc1ccc(OCCN2CCCC2)cc1. The molecule has 140 valence electrons. The van der Waals surface area contributed by atoms with Gasteiger partial charge in [0.2, 0.25) is 0 Å². The van der Waals surface area contributed by atoms with Crippen LogP contribution in [0.1, 0.15) is 18.4 Å². The Bertz CT molecular complexity index is 944. The van der Waals surface area contributed by atoms with Gasteiger partial charge >= 0.3 is 0 Å². The minimum absolute atomic E-state index is 0.0267. The minimum atomic E-state index is -0.355. The highest BCUT2D eigenvalue weighted by Crippen LogP contribution is 2.27. The number of nitrogens with zero attached hydrogens (tertiary/aromatic N) is 2. The Morgan fingerprint density at radius 3 is 2.70 bits per heavy atom. The number of aromatic nitrogens is 1. The second kappa shape index (κ2) is 7.80. The van der Waals surface area contributed by atoms with Gasteiger partial charge < -0.3 is 14.8 Å². The van der Waals surface area contributed by atoms with Crippen LogP contribution in [-0.4, -0.2) is 47.4 Å². The molecule has 0 amide bonds. The molecular formula is C21H22FN3O2. The molecule has 3 aromatic rings. The molecule has 1 saturated heterocycles. The normalized spacial score (nSPS) is 15.1. The number of aliphatic imine (C=N–C) groups is 1. The van der Waals surface area contributed by atoms with Gasteiger partial charge in [-0.25, -0.2) is 4.39 Å². The average Bonchev–Trinajstić information content (AvgIpc) is 3.28. The number of benzene rings is 2. The van der Waals surface area contributed by atoms with Gasteiger partial charge in [-0.1, -0.05) is 0 Å². The molecule has 0 bridgehead atoms. The van der Waals surface area contributed by atoms with Gasteiger partial charge in [0.1, 0.15) is 18.2 Å². The van der Waals surface area contributed by atoms with E-state index in [4.69, 9.17) is 4.74 Å². The molecular weight excluding hydrogens is 345 g/mol. The van der Waals surface area contributed by atoms with Crippen LogP contribution in [0.2, 0.25) is 0 Å². The molecule has 0 saturated carbocycles. The zero-order chi connectivity index (χ0) is 18.6. The minimum Gasteiger partial charge on any atom is -0.494 e. The number of fused-ring (bicyclic) bond motifs is 1. The highest BCUT2D eigenvalue weighted by Gasteiger charge is 2.11. The first-order chi connectivity index (χ1) is 13.2. The van der Waals surface area contributed by atoms with Crippen molar-refractivity contribution in [3.8, 4) is 11.6 Å². The first-order valence-corrected chi connectivity index (χ1v) is 9.18. The Morgan fingerprint density at radius 1 is 1.15 bits per heavy atom. The van der Waals surface area contributed by atoms with Crippen molar-refractivity contribution in [2.75, 3.05) is 26.2 Å². The second-order valence-electron chi connectivity index (χ2n) is 6.73. The third kappa shape index (κ3) is 4.11. The van der Waals surface area contributed by atoms with Crippen molar-refractivity contribution in [3.05, 3.63) is 53.8 Å². The van der Waals surface area contributed by atoms with Crippen LogP contribution in [0.5, 0.6) is 11.6 Å². The average molecular weight is 367 g/mol. The van der Waals surface area contributed by atoms with E-state index in [9.17, 15) is 9.50 Å². The van der Waals surface area contributed by atoms with E-state index in [1.54, 1.807) is 6.07 Å². The van der Waals surface area contributed by atoms with Gasteiger partial charge in [-0.05, 0) is 68.4 Å². The molecule has 1 aliphatic rings. The summed E-state index contributed by atoms with van der Waals surface area (Å²) in [5.74, 6) is 0.429. The van der Waals surface area contributed by atoms with Crippen LogP contribution in [0.15, 0.2) is 47.5 Å². The van der Waals surface area contributed by atoms with E-state index >= 15 is 0 Å². The molecule has 5 nitrogen and oxygen atoms in total. The summed E-state index contributed by atoms with van der Waals surface area (Å²) in [6.45, 7) is 3.97. The molecule has 1 aliphatic heterocycles. The predicted molar refractivity (Wildman–Crippen MR) is 105 cm³/mol. The zero-order valence-electron chi connectivity index (χ0n) is 15.0. The molecule has 6 heteroatoms. The largest absolute Gasteiger partial charge is 0.494 e. The van der Waals surface area contributed by atoms with Gasteiger partial charge in [0, 0.05) is 23.7 Å². The molecule has 0 aliphatic carbocycles. The number of aromatic hydroxyl groups is 1. The standard InChI is InChI=1S/C21H22FN3O2/c22-15-3-8-20-18(13-15)19(21(26)24-20)14-23-16-4-6-17(7-5-16)27-12-11-25-9-1-2-10-25/h3-8,13-14,24,26H,1-2,9-12H2. The van der Waals surface area contributed by atoms with Crippen LogP contribution < -0.4 is 4.74 Å². The van der Waals surface area contributed by atoms with Crippen molar-refractivity contribution < 1.29 is 14.2 Å². The number of halogens is 1. The lowest BCUT2D eigenvalue weighted by atomic mass is 10.2. The molecule has 0 radical (unpaired) electrons. The van der Waals surface area contributed by atoms with Gasteiger partial charge in [-0.3, -0.25) is 9.89 Å². The summed E-state index contributed by atoms with van der Waals surface area (Å²) in [5, 5.41) is 10.6. The number of hydrogen-bond acceptors (Lipinski definition) is 4. The number of hydrogen-bond donors (Lipinski definition) is 2. The van der Waals surface area contributed by atoms with Gasteiger partial charge in [-0.15, -0.1) is 0 Å². The van der Waals surface area contributed by atoms with E-state index in [0.29, 0.717) is 23.1 Å². The molecule has 0 atom stereocenters. The van der Waals surface area contributed by atoms with E-state index in [0.717, 1.165) is 18.0 Å². The molecule has 1 fully saturated rings. The van der Waals surface area contributed by atoms with Crippen LogP contribution in [0.4, 0.5) is 10.1 Å². The molecule has 0 unspecified atom stereocenters. The fourth-order valence-corrected chi connectivity index (χ4v) is 3.37. The van der Waals surface area contributed by atoms with Gasteiger partial charge in [0.25, 0.3) is 0 Å². The number of ether oxygens (including phenoxy) is 1. The van der Waals surface area contributed by atoms with Gasteiger partial charge in [0.15, 0.2) is 5.88 Å². The molecule has 1 aromatic heterocycles. The fraction of sp³-hybridized carbons (Fsp3) is 0.286. The molecule has 2 N–H and O–H groups in total. The summed E-state index contributed by atoms with van der Waals surface area (Å²) in [5.41, 5.74) is 1.86. The third-order valence-corrected chi connectivity index (χ3v) is 4.83. The summed E-state index contributed by atoms with van der Waals surface area (Å²) in [4.78, 5) is 9.61. The van der Waals surface area contributed by atoms with Crippen molar-refractivity contribution in [2.45, 2.75) is 12.8 Å². The topological polar surface area (TPSA) is 60.9 Å². The fourth-order valence-electron chi connectivity index (χ4n) is 3.37. The Kier molecular flexibility index (Phi) is 5.07. The molecule has 27 heavy (non-hydrogen) atoms. The number of aromatic amines is 1. The summed E-state index contributed by atoms with van der Waals surface area (Å²) >= 11 is 0. The van der Waals surface area contributed by atoms with Crippen LogP contribution in [0, 0.1) is 5.82 Å². The molecule has 2 aromatic carbocycles. The Hall–Kier alpha value is -2.86. The van der Waals surface area contributed by atoms with E-state index in [-0.39, 0.29) is 11.7 Å². The highest BCUT2D eigenvalue weighted by atomic mass is 19.1. The predicted octanol–water partition coefficient (Wildman–Crippen LogP) is 4.24. The number of likely N-dealkylation sites (tertiary alicyclic amines) is 1.